The number of para-hydroxylation sites is 1. The number of hydrogen-bond donors (Lipinski definition) is 1. The first kappa shape index (κ1) is 16.9. The van der Waals surface area contributed by atoms with Gasteiger partial charge in [0.2, 0.25) is 0 Å². The molecule has 0 aliphatic rings. The molecule has 0 saturated heterocycles. The number of rotatable bonds is 7. The molecule has 4 heteroatoms. The fourth-order valence-electron chi connectivity index (χ4n) is 2.39. The summed E-state index contributed by atoms with van der Waals surface area (Å²) >= 11 is 0. The molecule has 0 radical (unpaired) electrons. The average molecular weight is 313 g/mol. The monoisotopic (exact) mass is 313 g/mol. The Morgan fingerprint density at radius 3 is 2.48 bits per heavy atom. The fourth-order valence-corrected chi connectivity index (χ4v) is 2.39. The summed E-state index contributed by atoms with van der Waals surface area (Å²) in [7, 11) is 1.64. The van der Waals surface area contributed by atoms with Crippen LogP contribution in [0.3, 0.4) is 0 Å². The lowest BCUT2D eigenvalue weighted by molar-refractivity contribution is -0.123. The SMILES string of the molecule is COc1cccc(CCNC(=O)COc2c(C)cccc2C)c1. The maximum Gasteiger partial charge on any atom is 0.257 e. The number of aryl methyl sites for hydroxylation is 2. The van der Waals surface area contributed by atoms with Crippen LogP contribution in [-0.2, 0) is 11.2 Å². The smallest absolute Gasteiger partial charge is 0.257 e. The van der Waals surface area contributed by atoms with E-state index >= 15 is 0 Å². The summed E-state index contributed by atoms with van der Waals surface area (Å²) in [5.41, 5.74) is 3.20. The van der Waals surface area contributed by atoms with E-state index in [4.69, 9.17) is 9.47 Å². The van der Waals surface area contributed by atoms with E-state index in [1.807, 2.05) is 56.3 Å². The molecule has 0 aliphatic carbocycles. The van der Waals surface area contributed by atoms with Crippen molar-refractivity contribution in [1.82, 2.24) is 5.32 Å². The highest BCUT2D eigenvalue weighted by Crippen LogP contribution is 2.22. The third kappa shape index (κ3) is 5.02. The van der Waals surface area contributed by atoms with Crippen molar-refractivity contribution in [1.29, 1.82) is 0 Å². The predicted molar refractivity (Wildman–Crippen MR) is 91.1 cm³/mol. The van der Waals surface area contributed by atoms with Crippen LogP contribution in [0.5, 0.6) is 11.5 Å². The summed E-state index contributed by atoms with van der Waals surface area (Å²) in [6, 6.07) is 13.8. The van der Waals surface area contributed by atoms with Crippen molar-refractivity contribution in [3.8, 4) is 11.5 Å². The van der Waals surface area contributed by atoms with Gasteiger partial charge in [0.05, 0.1) is 7.11 Å². The van der Waals surface area contributed by atoms with E-state index in [1.54, 1.807) is 7.11 Å². The van der Waals surface area contributed by atoms with Crippen molar-refractivity contribution < 1.29 is 14.3 Å². The van der Waals surface area contributed by atoms with Crippen molar-refractivity contribution >= 4 is 5.91 Å². The van der Waals surface area contributed by atoms with Gasteiger partial charge in [-0.1, -0.05) is 30.3 Å². The summed E-state index contributed by atoms with van der Waals surface area (Å²) in [5.74, 6) is 1.50. The van der Waals surface area contributed by atoms with Crippen LogP contribution in [-0.4, -0.2) is 26.2 Å². The third-order valence-electron chi connectivity index (χ3n) is 3.63. The van der Waals surface area contributed by atoms with E-state index in [9.17, 15) is 4.79 Å². The second-order valence-electron chi connectivity index (χ2n) is 5.46. The van der Waals surface area contributed by atoms with E-state index < -0.39 is 0 Å². The minimum atomic E-state index is -0.115. The molecule has 0 aromatic heterocycles. The van der Waals surface area contributed by atoms with E-state index in [1.165, 1.54) is 0 Å². The molecule has 2 aromatic carbocycles. The van der Waals surface area contributed by atoms with E-state index in [2.05, 4.69) is 5.32 Å². The highest BCUT2D eigenvalue weighted by Gasteiger charge is 2.07. The molecule has 0 fully saturated rings. The lowest BCUT2D eigenvalue weighted by atomic mass is 10.1. The Morgan fingerprint density at radius 1 is 1.09 bits per heavy atom. The number of benzene rings is 2. The molecule has 1 amide bonds. The lowest BCUT2D eigenvalue weighted by Crippen LogP contribution is -2.30. The van der Waals surface area contributed by atoms with Crippen LogP contribution in [0.4, 0.5) is 0 Å². The topological polar surface area (TPSA) is 47.6 Å². The highest BCUT2D eigenvalue weighted by molar-refractivity contribution is 5.77. The minimum absolute atomic E-state index is 0.0316. The van der Waals surface area contributed by atoms with Crippen LogP contribution in [0.2, 0.25) is 0 Å². The minimum Gasteiger partial charge on any atom is -0.497 e. The van der Waals surface area contributed by atoms with Crippen molar-refractivity contribution in [2.45, 2.75) is 20.3 Å². The molecule has 122 valence electrons. The summed E-state index contributed by atoms with van der Waals surface area (Å²) in [4.78, 5) is 11.9. The van der Waals surface area contributed by atoms with Crippen molar-refractivity contribution in [3.63, 3.8) is 0 Å². The Labute approximate surface area is 137 Å². The zero-order valence-corrected chi connectivity index (χ0v) is 13.9. The second kappa shape index (κ2) is 8.22. The molecule has 0 spiro atoms. The van der Waals surface area contributed by atoms with Crippen molar-refractivity contribution in [2.24, 2.45) is 0 Å². The van der Waals surface area contributed by atoms with Gasteiger partial charge in [0.1, 0.15) is 11.5 Å². The molecule has 2 aromatic rings. The number of nitrogens with one attached hydrogen (secondary N) is 1. The first-order valence-electron chi connectivity index (χ1n) is 7.69. The average Bonchev–Trinajstić information content (AvgIpc) is 2.54. The summed E-state index contributed by atoms with van der Waals surface area (Å²) in [6.45, 7) is 4.55. The zero-order chi connectivity index (χ0) is 16.7. The van der Waals surface area contributed by atoms with Gasteiger partial charge in [-0.2, -0.15) is 0 Å². The van der Waals surface area contributed by atoms with Gasteiger partial charge in [0, 0.05) is 6.54 Å². The van der Waals surface area contributed by atoms with Crippen LogP contribution in [0.25, 0.3) is 0 Å². The van der Waals surface area contributed by atoms with E-state index in [0.717, 1.165) is 34.6 Å². The normalized spacial score (nSPS) is 10.2. The molecular formula is C19H23NO3. The highest BCUT2D eigenvalue weighted by atomic mass is 16.5. The number of carbonyl (C=O) groups excluding carboxylic acids is 1. The van der Waals surface area contributed by atoms with Gasteiger partial charge in [-0.25, -0.2) is 0 Å². The molecule has 23 heavy (non-hydrogen) atoms. The van der Waals surface area contributed by atoms with Gasteiger partial charge in [-0.3, -0.25) is 4.79 Å². The van der Waals surface area contributed by atoms with Crippen LogP contribution < -0.4 is 14.8 Å². The first-order valence-corrected chi connectivity index (χ1v) is 7.69. The van der Waals surface area contributed by atoms with Crippen LogP contribution in [0.1, 0.15) is 16.7 Å². The quantitative estimate of drug-likeness (QED) is 0.854. The van der Waals surface area contributed by atoms with Crippen molar-refractivity contribution in [2.75, 3.05) is 20.3 Å². The molecular weight excluding hydrogens is 290 g/mol. The lowest BCUT2D eigenvalue weighted by Gasteiger charge is -2.12. The van der Waals surface area contributed by atoms with Crippen LogP contribution >= 0.6 is 0 Å². The van der Waals surface area contributed by atoms with Crippen LogP contribution in [0, 0.1) is 13.8 Å². The number of ether oxygens (including phenoxy) is 2. The Kier molecular flexibility index (Phi) is 6.03. The van der Waals surface area contributed by atoms with Gasteiger partial charge in [-0.05, 0) is 49.1 Å². The molecule has 0 atom stereocenters. The van der Waals surface area contributed by atoms with E-state index in [0.29, 0.717) is 6.54 Å². The summed E-state index contributed by atoms with van der Waals surface area (Å²) < 4.78 is 10.8. The molecule has 1 N–H and O–H groups in total. The van der Waals surface area contributed by atoms with Crippen molar-refractivity contribution in [3.05, 3.63) is 59.2 Å². The largest absolute Gasteiger partial charge is 0.497 e. The van der Waals surface area contributed by atoms with Gasteiger partial charge < -0.3 is 14.8 Å². The van der Waals surface area contributed by atoms with Gasteiger partial charge >= 0.3 is 0 Å². The predicted octanol–water partition coefficient (Wildman–Crippen LogP) is 3.05. The molecule has 4 nitrogen and oxygen atoms in total. The molecule has 0 unspecified atom stereocenters. The fraction of sp³-hybridized carbons (Fsp3) is 0.316. The number of carbonyl (C=O) groups is 1. The molecule has 0 heterocycles. The number of amides is 1. The zero-order valence-electron chi connectivity index (χ0n) is 13.9. The number of methoxy groups -OCH3 is 1. The van der Waals surface area contributed by atoms with Gasteiger partial charge in [0.15, 0.2) is 6.61 Å². The van der Waals surface area contributed by atoms with Gasteiger partial charge in [0.25, 0.3) is 5.91 Å². The summed E-state index contributed by atoms with van der Waals surface area (Å²) in [6.07, 6.45) is 0.756. The maximum atomic E-state index is 11.9. The third-order valence-corrected chi connectivity index (χ3v) is 3.63. The Morgan fingerprint density at radius 2 is 1.78 bits per heavy atom. The summed E-state index contributed by atoms with van der Waals surface area (Å²) in [5, 5.41) is 2.87. The molecule has 2 rings (SSSR count). The Bertz CT molecular complexity index is 647. The standard InChI is InChI=1S/C19H23NO3/c1-14-6-4-7-15(2)19(14)23-13-18(21)20-11-10-16-8-5-9-17(12-16)22-3/h4-9,12H,10-11,13H2,1-3H3,(H,20,21). The Balaban J connectivity index is 1.77. The van der Waals surface area contributed by atoms with Crippen LogP contribution in [0.15, 0.2) is 42.5 Å². The Hall–Kier alpha value is -2.49. The second-order valence-corrected chi connectivity index (χ2v) is 5.46. The molecule has 0 saturated carbocycles. The maximum absolute atomic E-state index is 11.9. The molecule has 0 bridgehead atoms. The number of hydrogen-bond acceptors (Lipinski definition) is 3. The first-order chi connectivity index (χ1) is 11.1. The molecule has 0 aliphatic heterocycles. The van der Waals surface area contributed by atoms with E-state index in [-0.39, 0.29) is 12.5 Å². The van der Waals surface area contributed by atoms with Gasteiger partial charge in [-0.15, -0.1) is 0 Å².